The molecule has 0 aromatic heterocycles. The number of halogens is 5. The van der Waals surface area contributed by atoms with Crippen LogP contribution < -0.4 is 4.74 Å². The lowest BCUT2D eigenvalue weighted by molar-refractivity contribution is -0.224. The van der Waals surface area contributed by atoms with Crippen LogP contribution in [0.2, 0.25) is 0 Å². The Bertz CT molecular complexity index is 750. The highest BCUT2D eigenvalue weighted by Gasteiger charge is 2.45. The van der Waals surface area contributed by atoms with Crippen LogP contribution >= 0.6 is 0 Å². The largest absolute Gasteiger partial charge is 0.432 e. The Labute approximate surface area is 199 Å². The molecule has 0 spiro atoms. The summed E-state index contributed by atoms with van der Waals surface area (Å²) in [6, 6.07) is 0.951. The fourth-order valence-electron chi connectivity index (χ4n) is 6.60. The molecule has 0 radical (unpaired) electrons. The molecule has 0 atom stereocenters. The van der Waals surface area contributed by atoms with Crippen LogP contribution in [0.15, 0.2) is 12.1 Å². The molecule has 1 aromatic carbocycles. The number of rotatable bonds is 5. The van der Waals surface area contributed by atoms with Crippen LogP contribution in [0, 0.1) is 53.0 Å². The summed E-state index contributed by atoms with van der Waals surface area (Å²) in [6.07, 6.45) is 9.10. The smallest absolute Gasteiger partial charge is 0.400 e. The SMILES string of the molecule is C.CC1CCC(C2CCC(C3CCC(C(F)(F)Oc4cc(F)c(F)c(F)c4)CC3)CC2)CC1.[HH].[HH].[HH]. The maximum absolute atomic E-state index is 14.7. The molecule has 6 heteroatoms. The monoisotopic (exact) mass is 480 g/mol. The molecule has 3 saturated carbocycles. The van der Waals surface area contributed by atoms with Gasteiger partial charge in [-0.05, 0) is 93.8 Å². The molecule has 33 heavy (non-hydrogen) atoms. The fourth-order valence-corrected chi connectivity index (χ4v) is 6.60. The van der Waals surface area contributed by atoms with Crippen LogP contribution in [0.4, 0.5) is 22.0 Å². The summed E-state index contributed by atoms with van der Waals surface area (Å²) in [6.45, 7) is 2.36. The molecule has 0 aliphatic heterocycles. The predicted molar refractivity (Wildman–Crippen MR) is 127 cm³/mol. The first-order chi connectivity index (χ1) is 15.2. The highest BCUT2D eigenvalue weighted by atomic mass is 19.3. The van der Waals surface area contributed by atoms with Gasteiger partial charge in [0.05, 0.1) is 5.92 Å². The van der Waals surface area contributed by atoms with Gasteiger partial charge in [0.1, 0.15) is 5.75 Å². The summed E-state index contributed by atoms with van der Waals surface area (Å²) in [5, 5.41) is 0. The number of hydrogen-bond acceptors (Lipinski definition) is 1. The van der Waals surface area contributed by atoms with Crippen molar-refractivity contribution in [1.82, 2.24) is 0 Å². The van der Waals surface area contributed by atoms with Crippen molar-refractivity contribution >= 4 is 0 Å². The zero-order valence-corrected chi connectivity index (χ0v) is 18.9. The molecule has 0 unspecified atom stereocenters. The van der Waals surface area contributed by atoms with E-state index in [1.165, 1.54) is 51.4 Å². The fraction of sp³-hybridized carbons (Fsp3) is 0.778. The molecule has 3 aliphatic rings. The Kier molecular flexibility index (Phi) is 8.71. The molecule has 4 rings (SSSR count). The van der Waals surface area contributed by atoms with Crippen molar-refractivity contribution in [3.05, 3.63) is 29.6 Å². The second-order valence-corrected chi connectivity index (χ2v) is 10.7. The highest BCUT2D eigenvalue weighted by Crippen LogP contribution is 2.48. The summed E-state index contributed by atoms with van der Waals surface area (Å²) in [4.78, 5) is 0. The quantitative estimate of drug-likeness (QED) is 0.301. The summed E-state index contributed by atoms with van der Waals surface area (Å²) in [7, 11) is 0. The van der Waals surface area contributed by atoms with E-state index < -0.39 is 35.2 Å². The van der Waals surface area contributed by atoms with Crippen LogP contribution in [-0.4, -0.2) is 6.11 Å². The van der Waals surface area contributed by atoms with E-state index in [0.29, 0.717) is 36.8 Å². The van der Waals surface area contributed by atoms with Crippen molar-refractivity contribution in [1.29, 1.82) is 0 Å². The summed E-state index contributed by atoms with van der Waals surface area (Å²) < 4.78 is 73.7. The van der Waals surface area contributed by atoms with E-state index in [0.717, 1.165) is 30.6 Å². The molecule has 0 amide bonds. The maximum atomic E-state index is 14.7. The molecule has 3 fully saturated rings. The number of hydrogen-bond donors (Lipinski definition) is 0. The van der Waals surface area contributed by atoms with E-state index in [-0.39, 0.29) is 11.7 Å². The third kappa shape index (κ3) is 6.22. The highest BCUT2D eigenvalue weighted by molar-refractivity contribution is 5.25. The van der Waals surface area contributed by atoms with Crippen LogP contribution in [0.5, 0.6) is 5.75 Å². The average molecular weight is 481 g/mol. The van der Waals surface area contributed by atoms with Gasteiger partial charge < -0.3 is 4.74 Å². The van der Waals surface area contributed by atoms with Crippen molar-refractivity contribution < 1.29 is 31.0 Å². The Morgan fingerprint density at radius 2 is 1.06 bits per heavy atom. The van der Waals surface area contributed by atoms with Gasteiger partial charge in [0.15, 0.2) is 17.5 Å². The molecular formula is C27H45F5O. The van der Waals surface area contributed by atoms with Gasteiger partial charge in [-0.2, -0.15) is 8.78 Å². The minimum Gasteiger partial charge on any atom is -0.432 e. The van der Waals surface area contributed by atoms with Gasteiger partial charge in [-0.3, -0.25) is 0 Å². The van der Waals surface area contributed by atoms with Crippen molar-refractivity contribution in [2.45, 2.75) is 97.5 Å². The normalized spacial score (nSPS) is 33.3. The minimum absolute atomic E-state index is 0. The second-order valence-electron chi connectivity index (χ2n) is 10.7. The van der Waals surface area contributed by atoms with Gasteiger partial charge >= 0.3 is 6.11 Å². The van der Waals surface area contributed by atoms with E-state index in [4.69, 9.17) is 0 Å². The Morgan fingerprint density at radius 1 is 0.697 bits per heavy atom. The summed E-state index contributed by atoms with van der Waals surface area (Å²) >= 11 is 0. The first kappa shape index (κ1) is 26.3. The van der Waals surface area contributed by atoms with E-state index in [2.05, 4.69) is 11.7 Å². The van der Waals surface area contributed by atoms with Crippen LogP contribution in [0.3, 0.4) is 0 Å². The summed E-state index contributed by atoms with van der Waals surface area (Å²) in [5.74, 6) is -2.69. The minimum atomic E-state index is -3.53. The molecular weight excluding hydrogens is 435 g/mol. The molecule has 0 N–H and O–H groups in total. The predicted octanol–water partition coefficient (Wildman–Crippen LogP) is 9.89. The molecule has 1 aromatic rings. The average Bonchev–Trinajstić information content (AvgIpc) is 2.78. The van der Waals surface area contributed by atoms with Gasteiger partial charge in [0, 0.05) is 16.4 Å². The van der Waals surface area contributed by atoms with Gasteiger partial charge in [0.2, 0.25) is 0 Å². The lowest BCUT2D eigenvalue weighted by Gasteiger charge is -2.41. The van der Waals surface area contributed by atoms with Gasteiger partial charge in [-0.25, -0.2) is 13.2 Å². The number of alkyl halides is 2. The zero-order chi connectivity index (χ0) is 22.9. The van der Waals surface area contributed by atoms with Crippen molar-refractivity contribution in [3.63, 3.8) is 0 Å². The third-order valence-electron chi connectivity index (χ3n) is 8.67. The van der Waals surface area contributed by atoms with Gasteiger partial charge in [0.25, 0.3) is 0 Å². The molecule has 0 bridgehead atoms. The topological polar surface area (TPSA) is 9.23 Å². The molecule has 0 heterocycles. The zero-order valence-electron chi connectivity index (χ0n) is 18.9. The van der Waals surface area contributed by atoms with E-state index >= 15 is 0 Å². The van der Waals surface area contributed by atoms with Gasteiger partial charge in [-0.1, -0.05) is 27.2 Å². The van der Waals surface area contributed by atoms with Gasteiger partial charge in [-0.15, -0.1) is 0 Å². The summed E-state index contributed by atoms with van der Waals surface area (Å²) in [5.41, 5.74) is 0. The maximum Gasteiger partial charge on any atom is 0.400 e. The Morgan fingerprint density at radius 3 is 1.48 bits per heavy atom. The standard InChI is InChI=1S/C26H35F5O.CH4.3H2/c1-16-2-4-17(5-3-16)18-6-8-19(9-7-18)20-10-12-21(13-11-20)26(30,31)32-22-14-23(27)25(29)24(28)15-22;;;;/h14-21H,2-13H2,1H3;1H4;3*1H. The lowest BCUT2D eigenvalue weighted by atomic mass is 9.65. The molecule has 194 valence electrons. The Hall–Kier alpha value is -1.33. The second kappa shape index (κ2) is 10.9. The molecule has 3 aliphatic carbocycles. The molecule has 0 saturated heterocycles. The van der Waals surface area contributed by atoms with Crippen molar-refractivity contribution in [2.24, 2.45) is 35.5 Å². The van der Waals surface area contributed by atoms with E-state index in [1.807, 2.05) is 0 Å². The van der Waals surface area contributed by atoms with E-state index in [1.54, 1.807) is 0 Å². The van der Waals surface area contributed by atoms with Crippen molar-refractivity contribution in [2.75, 3.05) is 0 Å². The molecule has 1 nitrogen and oxygen atoms in total. The van der Waals surface area contributed by atoms with Crippen LogP contribution in [-0.2, 0) is 0 Å². The van der Waals surface area contributed by atoms with Crippen LogP contribution in [0.25, 0.3) is 0 Å². The lowest BCUT2D eigenvalue weighted by Crippen LogP contribution is -2.38. The van der Waals surface area contributed by atoms with E-state index in [9.17, 15) is 22.0 Å². The third-order valence-corrected chi connectivity index (χ3v) is 8.67. The van der Waals surface area contributed by atoms with Crippen LogP contribution in [0.1, 0.15) is 95.7 Å². The first-order valence-electron chi connectivity index (χ1n) is 12.4. The van der Waals surface area contributed by atoms with Crippen molar-refractivity contribution in [3.8, 4) is 5.75 Å². The number of ether oxygens (including phenoxy) is 1. The Balaban J connectivity index is 0.00000306. The first-order valence-corrected chi connectivity index (χ1v) is 12.4. The number of benzene rings is 1.